The Hall–Kier alpha value is -1.41. The minimum atomic E-state index is -0.852. The fourth-order valence-corrected chi connectivity index (χ4v) is 3.10. The lowest BCUT2D eigenvalue weighted by Gasteiger charge is -2.02. The molecule has 0 aromatic carbocycles. The lowest BCUT2D eigenvalue weighted by Crippen LogP contribution is -2.01. The molecule has 8 heteroatoms. The van der Waals surface area contributed by atoms with Gasteiger partial charge in [0.1, 0.15) is 0 Å². The highest BCUT2D eigenvalue weighted by atomic mass is 32.2. The van der Waals surface area contributed by atoms with E-state index < -0.39 is 5.97 Å². The van der Waals surface area contributed by atoms with E-state index in [9.17, 15) is 4.79 Å². The number of nitrogens with zero attached hydrogens (tertiary/aromatic N) is 4. The number of unbranched alkanes of at least 4 members (excludes halogenated alkanes) is 1. The van der Waals surface area contributed by atoms with Gasteiger partial charge in [0.2, 0.25) is 0 Å². The van der Waals surface area contributed by atoms with Crippen molar-refractivity contribution in [2.45, 2.75) is 30.6 Å². The molecule has 2 rings (SSSR count). The minimum Gasteiger partial charge on any atom is -0.481 e. The van der Waals surface area contributed by atoms with Gasteiger partial charge in [0.15, 0.2) is 9.35 Å². The average molecular weight is 298 g/mol. The molecule has 1 N–H and O–H groups in total. The Morgan fingerprint density at radius 2 is 2.37 bits per heavy atom. The van der Waals surface area contributed by atoms with Crippen LogP contribution in [0.5, 0.6) is 0 Å². The van der Waals surface area contributed by atoms with Crippen molar-refractivity contribution in [1.82, 2.24) is 20.0 Å². The number of aliphatic carboxylic acids is 1. The van der Waals surface area contributed by atoms with Crippen LogP contribution in [0.1, 0.15) is 19.8 Å². The number of carbonyl (C=O) groups is 1. The Balaban J connectivity index is 2.09. The first-order chi connectivity index (χ1) is 9.20. The molecule has 0 aliphatic rings. The molecule has 0 bridgehead atoms. The summed E-state index contributed by atoms with van der Waals surface area (Å²) in [4.78, 5) is 10.5. The van der Waals surface area contributed by atoms with Crippen molar-refractivity contribution in [1.29, 1.82) is 0 Å². The molecule has 0 radical (unpaired) electrons. The summed E-state index contributed by atoms with van der Waals surface area (Å²) in [6.07, 6.45) is 3.92. The van der Waals surface area contributed by atoms with Gasteiger partial charge in [-0.1, -0.05) is 36.4 Å². The molecule has 0 saturated heterocycles. The number of carboxylic acids is 1. The van der Waals surface area contributed by atoms with Gasteiger partial charge in [-0.25, -0.2) is 0 Å². The van der Waals surface area contributed by atoms with E-state index in [2.05, 4.69) is 22.2 Å². The zero-order chi connectivity index (χ0) is 13.7. The van der Waals surface area contributed by atoms with E-state index in [1.807, 2.05) is 10.7 Å². The monoisotopic (exact) mass is 298 g/mol. The molecule has 0 aliphatic heterocycles. The molecule has 2 aromatic heterocycles. The number of hydrogen-bond donors (Lipinski definition) is 1. The maximum Gasteiger partial charge on any atom is 0.313 e. The van der Waals surface area contributed by atoms with Gasteiger partial charge >= 0.3 is 5.97 Å². The van der Waals surface area contributed by atoms with E-state index in [-0.39, 0.29) is 5.75 Å². The minimum absolute atomic E-state index is 0.00370. The van der Waals surface area contributed by atoms with E-state index >= 15 is 0 Å². The predicted molar refractivity (Wildman–Crippen MR) is 74.4 cm³/mol. The average Bonchev–Trinajstić information content (AvgIpc) is 3.02. The largest absolute Gasteiger partial charge is 0.481 e. The van der Waals surface area contributed by atoms with Crippen LogP contribution in [-0.2, 0) is 11.3 Å². The SMILES string of the molecule is CCCCn1nccc1-c1nnc(SCC(=O)O)s1. The predicted octanol–water partition coefficient (Wildman–Crippen LogP) is 2.38. The summed E-state index contributed by atoms with van der Waals surface area (Å²) in [6.45, 7) is 2.99. The van der Waals surface area contributed by atoms with E-state index in [1.54, 1.807) is 6.20 Å². The Kier molecular flexibility index (Phi) is 4.92. The quantitative estimate of drug-likeness (QED) is 0.790. The van der Waals surface area contributed by atoms with Gasteiger partial charge in [-0.3, -0.25) is 9.48 Å². The lowest BCUT2D eigenvalue weighted by atomic mass is 10.3. The van der Waals surface area contributed by atoms with Crippen LogP contribution in [0.3, 0.4) is 0 Å². The number of rotatable bonds is 7. The Labute approximate surface area is 118 Å². The Morgan fingerprint density at radius 3 is 3.11 bits per heavy atom. The molecule has 0 fully saturated rings. The fourth-order valence-electron chi connectivity index (χ4n) is 1.50. The smallest absolute Gasteiger partial charge is 0.313 e. The summed E-state index contributed by atoms with van der Waals surface area (Å²) >= 11 is 2.58. The number of carboxylic acid groups (broad SMARTS) is 1. The molecule has 0 atom stereocenters. The van der Waals surface area contributed by atoms with Crippen LogP contribution in [0.25, 0.3) is 10.7 Å². The highest BCUT2D eigenvalue weighted by Gasteiger charge is 2.12. The molecule has 0 aliphatic carbocycles. The Morgan fingerprint density at radius 1 is 1.53 bits per heavy atom. The molecule has 2 aromatic rings. The van der Waals surface area contributed by atoms with Crippen LogP contribution in [0, 0.1) is 0 Å². The third-order valence-electron chi connectivity index (χ3n) is 2.38. The third-order valence-corrected chi connectivity index (χ3v) is 4.45. The molecule has 0 unspecified atom stereocenters. The van der Waals surface area contributed by atoms with Crippen molar-refractivity contribution < 1.29 is 9.90 Å². The van der Waals surface area contributed by atoms with Crippen LogP contribution in [0.4, 0.5) is 0 Å². The Bertz CT molecular complexity index is 552. The van der Waals surface area contributed by atoms with Crippen molar-refractivity contribution in [3.05, 3.63) is 12.3 Å². The summed E-state index contributed by atoms with van der Waals surface area (Å²) in [5, 5.41) is 21.8. The van der Waals surface area contributed by atoms with Crippen LogP contribution >= 0.6 is 23.1 Å². The van der Waals surface area contributed by atoms with E-state index in [0.717, 1.165) is 30.1 Å². The third kappa shape index (κ3) is 3.77. The summed E-state index contributed by atoms with van der Waals surface area (Å²) < 4.78 is 2.58. The fraction of sp³-hybridized carbons (Fsp3) is 0.455. The van der Waals surface area contributed by atoms with Crippen molar-refractivity contribution in [2.24, 2.45) is 0 Å². The maximum atomic E-state index is 10.5. The van der Waals surface area contributed by atoms with Gasteiger partial charge in [0.05, 0.1) is 11.4 Å². The van der Waals surface area contributed by atoms with Gasteiger partial charge in [-0.05, 0) is 12.5 Å². The second-order valence-electron chi connectivity index (χ2n) is 3.85. The number of aryl methyl sites for hydroxylation is 1. The first-order valence-corrected chi connectivity index (χ1v) is 7.71. The number of aromatic nitrogens is 4. The lowest BCUT2D eigenvalue weighted by molar-refractivity contribution is -0.133. The van der Waals surface area contributed by atoms with Gasteiger partial charge in [0, 0.05) is 12.7 Å². The van der Waals surface area contributed by atoms with E-state index in [4.69, 9.17) is 5.11 Å². The highest BCUT2D eigenvalue weighted by molar-refractivity contribution is 8.01. The van der Waals surface area contributed by atoms with Crippen LogP contribution in [-0.4, -0.2) is 36.8 Å². The van der Waals surface area contributed by atoms with Crippen LogP contribution in [0.15, 0.2) is 16.6 Å². The molecule has 6 nitrogen and oxygen atoms in total. The first-order valence-electron chi connectivity index (χ1n) is 5.91. The second-order valence-corrected chi connectivity index (χ2v) is 6.05. The number of thioether (sulfide) groups is 1. The molecule has 0 amide bonds. The van der Waals surface area contributed by atoms with Gasteiger partial charge in [-0.2, -0.15) is 5.10 Å². The normalized spacial score (nSPS) is 10.8. The van der Waals surface area contributed by atoms with E-state index in [1.165, 1.54) is 23.1 Å². The maximum absolute atomic E-state index is 10.5. The van der Waals surface area contributed by atoms with Crippen molar-refractivity contribution in [2.75, 3.05) is 5.75 Å². The topological polar surface area (TPSA) is 80.9 Å². The molecular formula is C11H14N4O2S2. The van der Waals surface area contributed by atoms with Gasteiger partial charge < -0.3 is 5.11 Å². The highest BCUT2D eigenvalue weighted by Crippen LogP contribution is 2.29. The summed E-state index contributed by atoms with van der Waals surface area (Å²) in [5.74, 6) is -0.848. The van der Waals surface area contributed by atoms with Crippen LogP contribution < -0.4 is 0 Å². The molecule has 19 heavy (non-hydrogen) atoms. The molecule has 102 valence electrons. The van der Waals surface area contributed by atoms with Crippen molar-refractivity contribution in [3.63, 3.8) is 0 Å². The standard InChI is InChI=1S/C11H14N4O2S2/c1-2-3-6-15-8(4-5-12-15)10-13-14-11(19-10)18-7-9(16)17/h4-5H,2-3,6-7H2,1H3,(H,16,17). The summed E-state index contributed by atoms with van der Waals surface area (Å²) in [7, 11) is 0. The molecule has 0 spiro atoms. The van der Waals surface area contributed by atoms with Crippen LogP contribution in [0.2, 0.25) is 0 Å². The second kappa shape index (κ2) is 6.67. The summed E-state index contributed by atoms with van der Waals surface area (Å²) in [5.41, 5.74) is 0.938. The van der Waals surface area contributed by atoms with Gasteiger partial charge in [-0.15, -0.1) is 10.2 Å². The first kappa shape index (κ1) is 14.0. The van der Waals surface area contributed by atoms with Crippen molar-refractivity contribution in [3.8, 4) is 10.7 Å². The van der Waals surface area contributed by atoms with Gasteiger partial charge in [0.25, 0.3) is 0 Å². The molecular weight excluding hydrogens is 284 g/mol. The zero-order valence-corrected chi connectivity index (χ0v) is 12.1. The zero-order valence-electron chi connectivity index (χ0n) is 10.4. The molecule has 2 heterocycles. The van der Waals surface area contributed by atoms with Crippen molar-refractivity contribution >= 4 is 29.1 Å². The molecule has 0 saturated carbocycles. The summed E-state index contributed by atoms with van der Waals surface area (Å²) in [6, 6.07) is 1.90. The van der Waals surface area contributed by atoms with E-state index in [0.29, 0.717) is 4.34 Å². The number of hydrogen-bond acceptors (Lipinski definition) is 6.